The van der Waals surface area contributed by atoms with Crippen LogP contribution in [0.2, 0.25) is 0 Å². The number of aryl methyl sites for hydroxylation is 4. The molecule has 0 bridgehead atoms. The summed E-state index contributed by atoms with van der Waals surface area (Å²) in [6.07, 6.45) is 7.71. The summed E-state index contributed by atoms with van der Waals surface area (Å²) in [6.45, 7) is 4.07. The lowest BCUT2D eigenvalue weighted by molar-refractivity contribution is 0.500. The maximum atomic E-state index is 14.8. The third-order valence-electron chi connectivity index (χ3n) is 6.34. The molecule has 35 heavy (non-hydrogen) atoms. The molecule has 0 radical (unpaired) electrons. The summed E-state index contributed by atoms with van der Waals surface area (Å²) in [5.41, 5.74) is 4.80. The van der Waals surface area contributed by atoms with Crippen molar-refractivity contribution >= 4 is 0 Å². The molecule has 0 spiro atoms. The highest BCUT2D eigenvalue weighted by atomic mass is 19.2. The van der Waals surface area contributed by atoms with Crippen molar-refractivity contribution in [2.24, 2.45) is 0 Å². The van der Waals surface area contributed by atoms with Crippen molar-refractivity contribution in [3.8, 4) is 22.5 Å². The van der Waals surface area contributed by atoms with Gasteiger partial charge in [-0.25, -0.2) is 23.1 Å². The number of hydrogen-bond acceptors (Lipinski definition) is 2. The van der Waals surface area contributed by atoms with Crippen LogP contribution in [-0.2, 0) is 25.7 Å². The molecule has 4 aromatic rings. The molecule has 0 N–H and O–H groups in total. The molecule has 0 unspecified atom stereocenters. The Bertz CT molecular complexity index is 1280. The van der Waals surface area contributed by atoms with Gasteiger partial charge in [0.05, 0.1) is 5.56 Å². The van der Waals surface area contributed by atoms with Crippen LogP contribution < -0.4 is 0 Å². The Hall–Kier alpha value is -3.47. The maximum Gasteiger partial charge on any atom is 0.170 e. The second-order valence-electron chi connectivity index (χ2n) is 8.78. The summed E-state index contributed by atoms with van der Waals surface area (Å²) in [6, 6.07) is 16.3. The van der Waals surface area contributed by atoms with Crippen LogP contribution in [0.5, 0.6) is 0 Å². The van der Waals surface area contributed by atoms with Gasteiger partial charge in [0.25, 0.3) is 0 Å². The maximum absolute atomic E-state index is 14.8. The quantitative estimate of drug-likeness (QED) is 0.246. The Kier molecular flexibility index (Phi) is 7.96. The lowest BCUT2D eigenvalue weighted by Gasteiger charge is -2.10. The molecule has 1 heterocycles. The van der Waals surface area contributed by atoms with E-state index in [2.05, 4.69) is 16.9 Å². The zero-order valence-electron chi connectivity index (χ0n) is 20.1. The molecular formula is C30H29F3N2. The highest BCUT2D eigenvalue weighted by Crippen LogP contribution is 2.26. The van der Waals surface area contributed by atoms with Crippen LogP contribution in [0.1, 0.15) is 48.9 Å². The van der Waals surface area contributed by atoms with Gasteiger partial charge in [0, 0.05) is 12.4 Å². The Balaban J connectivity index is 1.43. The molecule has 0 amide bonds. The summed E-state index contributed by atoms with van der Waals surface area (Å²) in [7, 11) is 0. The second kappa shape index (κ2) is 11.3. The van der Waals surface area contributed by atoms with Gasteiger partial charge in [-0.3, -0.25) is 0 Å². The molecule has 5 heteroatoms. The number of hydrogen-bond donors (Lipinski definition) is 0. The normalized spacial score (nSPS) is 11.1. The third-order valence-corrected chi connectivity index (χ3v) is 6.34. The topological polar surface area (TPSA) is 25.8 Å². The summed E-state index contributed by atoms with van der Waals surface area (Å²) >= 11 is 0. The molecule has 0 saturated carbocycles. The zero-order chi connectivity index (χ0) is 24.8. The van der Waals surface area contributed by atoms with Crippen molar-refractivity contribution in [1.82, 2.24) is 9.97 Å². The summed E-state index contributed by atoms with van der Waals surface area (Å²) in [5, 5.41) is 0. The monoisotopic (exact) mass is 474 g/mol. The first-order valence-electron chi connectivity index (χ1n) is 12.2. The molecule has 0 aliphatic heterocycles. The van der Waals surface area contributed by atoms with E-state index in [0.29, 0.717) is 18.4 Å². The average Bonchev–Trinajstić information content (AvgIpc) is 2.89. The minimum absolute atomic E-state index is 0.0613. The second-order valence-corrected chi connectivity index (χ2v) is 8.78. The highest BCUT2D eigenvalue weighted by Gasteiger charge is 2.16. The van der Waals surface area contributed by atoms with Crippen molar-refractivity contribution in [3.63, 3.8) is 0 Å². The molecule has 3 aromatic carbocycles. The Labute approximate surface area is 204 Å². The molecule has 1 aromatic heterocycles. The Morgan fingerprint density at radius 3 is 2.00 bits per heavy atom. The molecule has 0 atom stereocenters. The molecule has 0 aliphatic carbocycles. The van der Waals surface area contributed by atoms with E-state index in [1.807, 2.05) is 43.3 Å². The smallest absolute Gasteiger partial charge is 0.170 e. The van der Waals surface area contributed by atoms with Gasteiger partial charge in [0.2, 0.25) is 0 Å². The van der Waals surface area contributed by atoms with E-state index in [-0.39, 0.29) is 17.2 Å². The van der Waals surface area contributed by atoms with Crippen LogP contribution in [0.15, 0.2) is 67.0 Å². The highest BCUT2D eigenvalue weighted by molar-refractivity contribution is 5.64. The standard InChI is InChI=1S/C30H29F3N2/c1-3-5-6-23-13-14-25(17-27(23)31)22-10-7-21(8-11-22)9-12-24-15-16-26(29(33)28(24)32)30-34-18-20(4-2)19-35-30/h7-8,10-11,13-19H,3-6,9,12H2,1-2H3. The minimum Gasteiger partial charge on any atom is -0.236 e. The Morgan fingerprint density at radius 2 is 1.34 bits per heavy atom. The number of nitrogens with zero attached hydrogens (tertiary/aromatic N) is 2. The van der Waals surface area contributed by atoms with Gasteiger partial charge >= 0.3 is 0 Å². The SMILES string of the molecule is CCCCc1ccc(-c2ccc(CCc3ccc(-c4ncc(CC)cn4)c(F)c3F)cc2)cc1F. The van der Waals surface area contributed by atoms with Gasteiger partial charge in [-0.05, 0) is 77.6 Å². The van der Waals surface area contributed by atoms with E-state index in [1.54, 1.807) is 24.5 Å². The average molecular weight is 475 g/mol. The van der Waals surface area contributed by atoms with E-state index in [0.717, 1.165) is 53.5 Å². The van der Waals surface area contributed by atoms with Gasteiger partial charge < -0.3 is 0 Å². The van der Waals surface area contributed by atoms with Gasteiger partial charge in [0.15, 0.2) is 17.5 Å². The lowest BCUT2D eigenvalue weighted by Crippen LogP contribution is -2.01. The van der Waals surface area contributed by atoms with Crippen molar-refractivity contribution in [1.29, 1.82) is 0 Å². The van der Waals surface area contributed by atoms with E-state index in [1.165, 1.54) is 6.07 Å². The molecular weight excluding hydrogens is 445 g/mol. The summed E-state index contributed by atoms with van der Waals surface area (Å²) < 4.78 is 43.9. The van der Waals surface area contributed by atoms with Crippen LogP contribution in [-0.4, -0.2) is 9.97 Å². The van der Waals surface area contributed by atoms with Crippen molar-refractivity contribution in [2.75, 3.05) is 0 Å². The molecule has 0 saturated heterocycles. The number of halogens is 3. The van der Waals surface area contributed by atoms with E-state index < -0.39 is 11.6 Å². The zero-order valence-corrected chi connectivity index (χ0v) is 20.1. The molecule has 0 fully saturated rings. The number of benzene rings is 3. The molecule has 0 aliphatic rings. The van der Waals surface area contributed by atoms with Gasteiger partial charge in [-0.15, -0.1) is 0 Å². The fourth-order valence-corrected chi connectivity index (χ4v) is 4.07. The largest absolute Gasteiger partial charge is 0.236 e. The first kappa shape index (κ1) is 24.6. The number of rotatable bonds is 9. The molecule has 180 valence electrons. The Morgan fingerprint density at radius 1 is 0.657 bits per heavy atom. The van der Waals surface area contributed by atoms with Crippen LogP contribution in [0.25, 0.3) is 22.5 Å². The number of aromatic nitrogens is 2. The van der Waals surface area contributed by atoms with Crippen LogP contribution in [0.4, 0.5) is 13.2 Å². The first-order valence-corrected chi connectivity index (χ1v) is 12.2. The van der Waals surface area contributed by atoms with Gasteiger partial charge in [-0.2, -0.15) is 0 Å². The van der Waals surface area contributed by atoms with Crippen LogP contribution in [0, 0.1) is 17.5 Å². The van der Waals surface area contributed by atoms with Crippen LogP contribution in [0.3, 0.4) is 0 Å². The van der Waals surface area contributed by atoms with Gasteiger partial charge in [0.1, 0.15) is 5.82 Å². The predicted molar refractivity (Wildman–Crippen MR) is 135 cm³/mol. The predicted octanol–water partition coefficient (Wildman–Crippen LogP) is 7.92. The fraction of sp³-hybridized carbons (Fsp3) is 0.267. The third kappa shape index (κ3) is 5.79. The van der Waals surface area contributed by atoms with Crippen LogP contribution >= 0.6 is 0 Å². The number of unbranched alkanes of at least 4 members (excludes halogenated alkanes) is 1. The van der Waals surface area contributed by atoms with E-state index in [4.69, 9.17) is 0 Å². The first-order chi connectivity index (χ1) is 17.0. The van der Waals surface area contributed by atoms with Crippen molar-refractivity contribution in [3.05, 3.63) is 107 Å². The van der Waals surface area contributed by atoms with E-state index >= 15 is 0 Å². The molecule has 2 nitrogen and oxygen atoms in total. The minimum atomic E-state index is -0.925. The van der Waals surface area contributed by atoms with E-state index in [9.17, 15) is 13.2 Å². The van der Waals surface area contributed by atoms with Crippen molar-refractivity contribution < 1.29 is 13.2 Å². The fourth-order valence-electron chi connectivity index (χ4n) is 4.07. The lowest BCUT2D eigenvalue weighted by atomic mass is 9.98. The summed E-state index contributed by atoms with van der Waals surface area (Å²) in [5.74, 6) is -1.78. The molecule has 4 rings (SSSR count). The van der Waals surface area contributed by atoms with Crippen molar-refractivity contribution in [2.45, 2.75) is 52.4 Å². The summed E-state index contributed by atoms with van der Waals surface area (Å²) in [4.78, 5) is 8.32. The van der Waals surface area contributed by atoms with Gasteiger partial charge in [-0.1, -0.05) is 62.7 Å².